The fourth-order valence-electron chi connectivity index (χ4n) is 5.12. The Morgan fingerprint density at radius 1 is 1.13 bits per heavy atom. The second-order valence-corrected chi connectivity index (χ2v) is 11.0. The van der Waals surface area contributed by atoms with Crippen molar-refractivity contribution in [3.8, 4) is 0 Å². The van der Waals surface area contributed by atoms with Crippen LogP contribution in [0.15, 0.2) is 11.6 Å². The molecule has 3 fully saturated rings. The van der Waals surface area contributed by atoms with Crippen LogP contribution in [0.4, 0.5) is 4.79 Å². The lowest BCUT2D eigenvalue weighted by Crippen LogP contribution is -2.51. The Morgan fingerprint density at radius 2 is 1.74 bits per heavy atom. The number of nitrogens with zero attached hydrogens (tertiary/aromatic N) is 2. The zero-order chi connectivity index (χ0) is 22.8. The van der Waals surface area contributed by atoms with Crippen molar-refractivity contribution >= 4 is 17.8 Å². The summed E-state index contributed by atoms with van der Waals surface area (Å²) in [5, 5.41) is 5.96. The van der Waals surface area contributed by atoms with Crippen molar-refractivity contribution < 1.29 is 14.4 Å². The summed E-state index contributed by atoms with van der Waals surface area (Å²) in [6.07, 6.45) is 7.15. The van der Waals surface area contributed by atoms with Gasteiger partial charge in [0.15, 0.2) is 0 Å². The molecule has 3 aliphatic rings. The predicted octanol–water partition coefficient (Wildman–Crippen LogP) is 3.06. The Morgan fingerprint density at radius 3 is 2.29 bits per heavy atom. The molecule has 7 nitrogen and oxygen atoms in total. The zero-order valence-corrected chi connectivity index (χ0v) is 19.9. The van der Waals surface area contributed by atoms with Crippen LogP contribution in [0.1, 0.15) is 73.1 Å². The normalized spacial score (nSPS) is 28.0. The Bertz CT molecular complexity index is 720. The molecule has 1 aliphatic carbocycles. The summed E-state index contributed by atoms with van der Waals surface area (Å²) in [5.74, 6) is 0.0750. The molecule has 2 aliphatic heterocycles. The van der Waals surface area contributed by atoms with Crippen molar-refractivity contribution in [2.45, 2.75) is 84.7 Å². The average Bonchev–Trinajstić information content (AvgIpc) is 2.91. The van der Waals surface area contributed by atoms with Gasteiger partial charge in [-0.3, -0.25) is 19.4 Å². The SMILES string of the molecule is CC(C)=CCN1CCC(NC(=O)CN2C(=O)NC3(CCC(C(C)(C)C)CC3)C2=O)CC1. The number of likely N-dealkylation sites (tertiary alicyclic amines) is 1. The number of carbonyl (C=O) groups excluding carboxylic acids is 3. The highest BCUT2D eigenvalue weighted by Gasteiger charge is 2.53. The van der Waals surface area contributed by atoms with E-state index in [-0.39, 0.29) is 29.8 Å². The molecular weight excluding hydrogens is 392 g/mol. The molecule has 1 saturated carbocycles. The first-order valence-corrected chi connectivity index (χ1v) is 11.8. The molecule has 0 bridgehead atoms. The fraction of sp³-hybridized carbons (Fsp3) is 0.792. The maximum absolute atomic E-state index is 13.1. The molecule has 7 heteroatoms. The topological polar surface area (TPSA) is 81.8 Å². The number of allylic oxidation sites excluding steroid dienone is 1. The third-order valence-electron chi connectivity index (χ3n) is 7.32. The van der Waals surface area contributed by atoms with Gasteiger partial charge >= 0.3 is 6.03 Å². The average molecular weight is 433 g/mol. The van der Waals surface area contributed by atoms with E-state index in [0.717, 1.165) is 50.2 Å². The minimum atomic E-state index is -0.810. The second-order valence-electron chi connectivity index (χ2n) is 11.0. The maximum atomic E-state index is 13.1. The number of hydrogen-bond acceptors (Lipinski definition) is 4. The summed E-state index contributed by atoms with van der Waals surface area (Å²) in [7, 11) is 0. The van der Waals surface area contributed by atoms with Crippen LogP contribution in [-0.2, 0) is 9.59 Å². The van der Waals surface area contributed by atoms with E-state index in [1.54, 1.807) is 0 Å². The zero-order valence-electron chi connectivity index (χ0n) is 19.9. The molecule has 1 spiro atoms. The molecule has 2 heterocycles. The molecule has 0 aromatic heterocycles. The minimum absolute atomic E-state index is 0.104. The summed E-state index contributed by atoms with van der Waals surface area (Å²) in [6, 6.07) is -0.321. The van der Waals surface area contributed by atoms with Gasteiger partial charge in [-0.05, 0) is 63.7 Å². The largest absolute Gasteiger partial charge is 0.352 e. The van der Waals surface area contributed by atoms with Crippen LogP contribution in [0.3, 0.4) is 0 Å². The minimum Gasteiger partial charge on any atom is -0.352 e. The van der Waals surface area contributed by atoms with Crippen molar-refractivity contribution in [3.05, 3.63) is 11.6 Å². The second kappa shape index (κ2) is 9.31. The molecule has 0 unspecified atom stereocenters. The summed E-state index contributed by atoms with van der Waals surface area (Å²) < 4.78 is 0. The van der Waals surface area contributed by atoms with E-state index in [2.05, 4.69) is 56.2 Å². The van der Waals surface area contributed by atoms with Crippen molar-refractivity contribution in [2.24, 2.45) is 11.3 Å². The molecule has 4 amide bonds. The first-order chi connectivity index (χ1) is 14.5. The number of piperidine rings is 1. The van der Waals surface area contributed by atoms with Gasteiger partial charge in [0.25, 0.3) is 5.91 Å². The number of amides is 4. The third-order valence-corrected chi connectivity index (χ3v) is 7.32. The lowest BCUT2D eigenvalue weighted by atomic mass is 9.67. The van der Waals surface area contributed by atoms with Crippen molar-refractivity contribution in [1.29, 1.82) is 0 Å². The van der Waals surface area contributed by atoms with Gasteiger partial charge in [-0.15, -0.1) is 0 Å². The highest BCUT2D eigenvalue weighted by atomic mass is 16.2. The first-order valence-electron chi connectivity index (χ1n) is 11.8. The van der Waals surface area contributed by atoms with Gasteiger partial charge in [-0.1, -0.05) is 32.4 Å². The van der Waals surface area contributed by atoms with Crippen molar-refractivity contribution in [2.75, 3.05) is 26.2 Å². The van der Waals surface area contributed by atoms with Crippen LogP contribution in [0.5, 0.6) is 0 Å². The summed E-state index contributed by atoms with van der Waals surface area (Å²) in [5.41, 5.74) is 0.706. The van der Waals surface area contributed by atoms with Crippen LogP contribution in [0.2, 0.25) is 0 Å². The third kappa shape index (κ3) is 5.68. The van der Waals surface area contributed by atoms with Gasteiger partial charge in [0.2, 0.25) is 5.91 Å². The van der Waals surface area contributed by atoms with Crippen molar-refractivity contribution in [3.63, 3.8) is 0 Å². The Kier molecular flexibility index (Phi) is 7.14. The quantitative estimate of drug-likeness (QED) is 0.517. The van der Waals surface area contributed by atoms with Gasteiger partial charge in [-0.2, -0.15) is 0 Å². The molecule has 0 aromatic carbocycles. The standard InChI is InChI=1S/C24H40N4O3/c1-17(2)8-13-27-14-9-19(10-15-27)25-20(29)16-28-21(30)24(26-22(28)31)11-6-18(7-12-24)23(3,4)5/h8,18-19H,6-7,9-16H2,1-5H3,(H,25,29)(H,26,31). The van der Waals surface area contributed by atoms with E-state index in [0.29, 0.717) is 18.8 Å². The van der Waals surface area contributed by atoms with Gasteiger partial charge in [-0.25, -0.2) is 4.79 Å². The highest BCUT2D eigenvalue weighted by molar-refractivity contribution is 6.09. The maximum Gasteiger partial charge on any atom is 0.325 e. The summed E-state index contributed by atoms with van der Waals surface area (Å²) >= 11 is 0. The van der Waals surface area contributed by atoms with Crippen LogP contribution in [-0.4, -0.2) is 65.4 Å². The molecule has 174 valence electrons. The molecular formula is C24H40N4O3. The van der Waals surface area contributed by atoms with E-state index >= 15 is 0 Å². The van der Waals surface area contributed by atoms with Gasteiger partial charge in [0, 0.05) is 25.7 Å². The van der Waals surface area contributed by atoms with Crippen LogP contribution in [0, 0.1) is 11.3 Å². The Labute approximate surface area is 187 Å². The van der Waals surface area contributed by atoms with Crippen molar-refractivity contribution in [1.82, 2.24) is 20.4 Å². The van der Waals surface area contributed by atoms with E-state index in [1.807, 2.05) is 0 Å². The van der Waals surface area contributed by atoms with Crippen LogP contribution in [0.25, 0.3) is 0 Å². The Hall–Kier alpha value is -1.89. The van der Waals surface area contributed by atoms with Crippen LogP contribution < -0.4 is 10.6 Å². The highest BCUT2D eigenvalue weighted by Crippen LogP contribution is 2.43. The van der Waals surface area contributed by atoms with E-state index in [9.17, 15) is 14.4 Å². The summed E-state index contributed by atoms with van der Waals surface area (Å²) in [6.45, 7) is 13.5. The predicted molar refractivity (Wildman–Crippen MR) is 121 cm³/mol. The number of nitrogens with one attached hydrogen (secondary N) is 2. The molecule has 2 saturated heterocycles. The van der Waals surface area contributed by atoms with E-state index < -0.39 is 11.6 Å². The lowest BCUT2D eigenvalue weighted by Gasteiger charge is -2.40. The number of rotatable bonds is 5. The van der Waals surface area contributed by atoms with Gasteiger partial charge < -0.3 is 10.6 Å². The smallest absolute Gasteiger partial charge is 0.325 e. The summed E-state index contributed by atoms with van der Waals surface area (Å²) in [4.78, 5) is 41.7. The van der Waals surface area contributed by atoms with Gasteiger partial charge in [0.05, 0.1) is 0 Å². The molecule has 2 N–H and O–H groups in total. The van der Waals surface area contributed by atoms with Crippen LogP contribution >= 0.6 is 0 Å². The first kappa shape index (κ1) is 23.8. The number of imide groups is 1. The number of hydrogen-bond donors (Lipinski definition) is 2. The molecule has 0 aromatic rings. The van der Waals surface area contributed by atoms with Gasteiger partial charge in [0.1, 0.15) is 12.1 Å². The number of urea groups is 1. The lowest BCUT2D eigenvalue weighted by molar-refractivity contribution is -0.136. The van der Waals surface area contributed by atoms with E-state index in [4.69, 9.17) is 0 Å². The molecule has 0 radical (unpaired) electrons. The fourth-order valence-corrected chi connectivity index (χ4v) is 5.12. The van der Waals surface area contributed by atoms with E-state index in [1.165, 1.54) is 5.57 Å². The monoisotopic (exact) mass is 432 g/mol. The molecule has 0 atom stereocenters. The Balaban J connectivity index is 1.48. The number of carbonyl (C=O) groups is 3. The molecule has 31 heavy (non-hydrogen) atoms. The molecule has 3 rings (SSSR count).